The molecule has 2 saturated heterocycles. The third-order valence-corrected chi connectivity index (χ3v) is 9.85. The maximum absolute atomic E-state index is 10.4. The molecule has 2 fully saturated rings. The monoisotopic (exact) mass is 570 g/mol. The van der Waals surface area contributed by atoms with Crippen LogP contribution in [0.25, 0.3) is 20.5 Å². The van der Waals surface area contributed by atoms with Gasteiger partial charge in [-0.15, -0.1) is 11.3 Å². The van der Waals surface area contributed by atoms with Gasteiger partial charge in [0.15, 0.2) is 0 Å². The van der Waals surface area contributed by atoms with Gasteiger partial charge in [-0.1, -0.05) is 18.2 Å². The summed E-state index contributed by atoms with van der Waals surface area (Å²) in [6.45, 7) is 8.92. The highest BCUT2D eigenvalue weighted by molar-refractivity contribution is 7.22. The van der Waals surface area contributed by atoms with Crippen LogP contribution < -0.4 is 9.47 Å². The summed E-state index contributed by atoms with van der Waals surface area (Å²) in [6, 6.07) is 21.8. The quantitative estimate of drug-likeness (QED) is 0.212. The lowest BCUT2D eigenvalue weighted by atomic mass is 9.96. The summed E-state index contributed by atoms with van der Waals surface area (Å²) in [5, 5.41) is 11.7. The van der Waals surface area contributed by atoms with Crippen LogP contribution in [0.5, 0.6) is 11.5 Å². The van der Waals surface area contributed by atoms with Crippen molar-refractivity contribution in [2.45, 2.75) is 51.7 Å². The zero-order chi connectivity index (χ0) is 28.2. The van der Waals surface area contributed by atoms with E-state index in [2.05, 4.69) is 65.3 Å². The second-order valence-corrected chi connectivity index (χ2v) is 12.7. The Morgan fingerprint density at radius 3 is 2.27 bits per heavy atom. The predicted octanol–water partition coefficient (Wildman–Crippen LogP) is 6.91. The van der Waals surface area contributed by atoms with Crippen LogP contribution in [-0.2, 0) is 13.0 Å². The van der Waals surface area contributed by atoms with Gasteiger partial charge >= 0.3 is 0 Å². The van der Waals surface area contributed by atoms with Crippen molar-refractivity contribution in [3.05, 3.63) is 82.9 Å². The molecular formula is C35H42N2O3S. The number of aryl methyl sites for hydroxylation is 1. The number of aliphatic hydroxyl groups excluding tert-OH is 1. The smallest absolute Gasteiger partial charge is 0.120 e. The van der Waals surface area contributed by atoms with Gasteiger partial charge in [0.1, 0.15) is 24.2 Å². The number of benzene rings is 3. The Labute approximate surface area is 248 Å². The zero-order valence-corrected chi connectivity index (χ0v) is 25.2. The number of hydrogen-bond acceptors (Lipinski definition) is 6. The van der Waals surface area contributed by atoms with Gasteiger partial charge in [0.05, 0.1) is 7.11 Å². The number of fused-ring (bicyclic) bond motifs is 1. The lowest BCUT2D eigenvalue weighted by Gasteiger charge is -2.19. The molecule has 5 nitrogen and oxygen atoms in total. The van der Waals surface area contributed by atoms with Crippen molar-refractivity contribution >= 4 is 21.4 Å². The average molecular weight is 571 g/mol. The SMILES string of the molecule is COc1ccc2c(Cc3ccc(CN4CCCC4)c(C)c3)c(-c3ccc(OC[C@H](O)CN4CCCC4)cc3)sc2c1. The number of rotatable bonds is 11. The van der Waals surface area contributed by atoms with E-state index in [4.69, 9.17) is 9.47 Å². The highest BCUT2D eigenvalue weighted by Crippen LogP contribution is 2.41. The topological polar surface area (TPSA) is 45.2 Å². The largest absolute Gasteiger partial charge is 0.497 e. The van der Waals surface area contributed by atoms with Gasteiger partial charge < -0.3 is 19.5 Å². The predicted molar refractivity (Wildman–Crippen MR) is 169 cm³/mol. The van der Waals surface area contributed by atoms with Gasteiger partial charge in [0, 0.05) is 22.7 Å². The molecule has 1 atom stereocenters. The van der Waals surface area contributed by atoms with E-state index in [0.29, 0.717) is 13.2 Å². The molecule has 0 saturated carbocycles. The molecule has 6 heteroatoms. The van der Waals surface area contributed by atoms with Crippen molar-refractivity contribution < 1.29 is 14.6 Å². The molecule has 0 bridgehead atoms. The van der Waals surface area contributed by atoms with Crippen LogP contribution in [0.4, 0.5) is 0 Å². The molecule has 1 N–H and O–H groups in total. The van der Waals surface area contributed by atoms with Crippen LogP contribution in [0.1, 0.15) is 47.9 Å². The zero-order valence-electron chi connectivity index (χ0n) is 24.4. The van der Waals surface area contributed by atoms with Crippen LogP contribution in [0.2, 0.25) is 0 Å². The van der Waals surface area contributed by atoms with E-state index in [1.165, 1.54) is 81.6 Å². The normalized spacial score (nSPS) is 17.0. The van der Waals surface area contributed by atoms with Crippen LogP contribution in [0.3, 0.4) is 0 Å². The van der Waals surface area contributed by atoms with Crippen LogP contribution in [0.15, 0.2) is 60.7 Å². The molecule has 4 aromatic rings. The van der Waals surface area contributed by atoms with E-state index in [9.17, 15) is 5.11 Å². The molecule has 216 valence electrons. The van der Waals surface area contributed by atoms with Gasteiger partial charge in [-0.05, 0) is 141 Å². The Morgan fingerprint density at radius 1 is 0.854 bits per heavy atom. The van der Waals surface area contributed by atoms with Crippen molar-refractivity contribution in [3.63, 3.8) is 0 Å². The number of aliphatic hydroxyl groups is 1. The Bertz CT molecular complexity index is 1450. The molecule has 3 heterocycles. The number of hydrogen-bond donors (Lipinski definition) is 1. The van der Waals surface area contributed by atoms with Crippen molar-refractivity contribution in [2.24, 2.45) is 0 Å². The molecule has 2 aliphatic heterocycles. The fraction of sp³-hybridized carbons (Fsp3) is 0.429. The molecule has 6 rings (SSSR count). The van der Waals surface area contributed by atoms with Crippen LogP contribution >= 0.6 is 11.3 Å². The molecule has 0 spiro atoms. The van der Waals surface area contributed by atoms with E-state index >= 15 is 0 Å². The van der Waals surface area contributed by atoms with Crippen molar-refractivity contribution in [1.82, 2.24) is 9.80 Å². The van der Waals surface area contributed by atoms with Gasteiger partial charge in [0.25, 0.3) is 0 Å². The first-order chi connectivity index (χ1) is 20.1. The van der Waals surface area contributed by atoms with Crippen LogP contribution in [-0.4, -0.2) is 67.5 Å². The molecule has 1 aromatic heterocycles. The molecular weight excluding hydrogens is 528 g/mol. The minimum absolute atomic E-state index is 0.316. The molecule has 2 aliphatic rings. The van der Waals surface area contributed by atoms with Crippen molar-refractivity contribution in [2.75, 3.05) is 46.4 Å². The molecule has 0 aliphatic carbocycles. The number of β-amino-alcohol motifs (C(OH)–C–C–N with tert-alkyl or cyclic N) is 1. The first-order valence-corrected chi connectivity index (χ1v) is 15.9. The Balaban J connectivity index is 1.21. The van der Waals surface area contributed by atoms with Gasteiger partial charge in [-0.3, -0.25) is 4.90 Å². The maximum atomic E-state index is 10.4. The first kappa shape index (κ1) is 28.2. The highest BCUT2D eigenvalue weighted by Gasteiger charge is 2.18. The van der Waals surface area contributed by atoms with Crippen molar-refractivity contribution in [3.8, 4) is 21.9 Å². The molecule has 0 amide bonds. The molecule has 3 aromatic carbocycles. The highest BCUT2D eigenvalue weighted by atomic mass is 32.1. The average Bonchev–Trinajstić information content (AvgIpc) is 3.76. The second-order valence-electron chi connectivity index (χ2n) is 11.7. The third-order valence-electron chi connectivity index (χ3n) is 8.61. The number of ether oxygens (including phenoxy) is 2. The van der Waals surface area contributed by atoms with Gasteiger partial charge in [-0.25, -0.2) is 0 Å². The lowest BCUT2D eigenvalue weighted by Crippen LogP contribution is -2.33. The fourth-order valence-corrected chi connectivity index (χ4v) is 7.56. The summed E-state index contributed by atoms with van der Waals surface area (Å²) < 4.78 is 12.7. The van der Waals surface area contributed by atoms with Gasteiger partial charge in [0.2, 0.25) is 0 Å². The van der Waals surface area contributed by atoms with E-state index in [1.807, 2.05) is 23.5 Å². The van der Waals surface area contributed by atoms with Crippen LogP contribution in [0, 0.1) is 6.92 Å². The third kappa shape index (κ3) is 6.78. The number of nitrogens with zero attached hydrogens (tertiary/aromatic N) is 2. The molecule has 0 radical (unpaired) electrons. The first-order valence-electron chi connectivity index (χ1n) is 15.1. The fourth-order valence-electron chi connectivity index (χ4n) is 6.31. The number of methoxy groups -OCH3 is 1. The summed E-state index contributed by atoms with van der Waals surface area (Å²) in [6.07, 6.45) is 5.51. The lowest BCUT2D eigenvalue weighted by molar-refractivity contribution is 0.0758. The summed E-state index contributed by atoms with van der Waals surface area (Å²) in [7, 11) is 1.73. The maximum Gasteiger partial charge on any atom is 0.120 e. The Hall–Kier alpha value is -2.90. The van der Waals surface area contributed by atoms with E-state index < -0.39 is 6.10 Å². The number of likely N-dealkylation sites (tertiary alicyclic amines) is 2. The van der Waals surface area contributed by atoms with E-state index in [-0.39, 0.29) is 0 Å². The van der Waals surface area contributed by atoms with Crippen molar-refractivity contribution in [1.29, 1.82) is 0 Å². The minimum atomic E-state index is -0.470. The van der Waals surface area contributed by atoms with Gasteiger partial charge in [-0.2, -0.15) is 0 Å². The summed E-state index contributed by atoms with van der Waals surface area (Å²) in [4.78, 5) is 6.17. The minimum Gasteiger partial charge on any atom is -0.497 e. The Morgan fingerprint density at radius 2 is 1.56 bits per heavy atom. The summed E-state index contributed by atoms with van der Waals surface area (Å²) in [5.41, 5.74) is 6.71. The summed E-state index contributed by atoms with van der Waals surface area (Å²) in [5.74, 6) is 1.68. The van der Waals surface area contributed by atoms with E-state index in [0.717, 1.165) is 37.6 Å². The summed E-state index contributed by atoms with van der Waals surface area (Å²) >= 11 is 1.82. The second kappa shape index (κ2) is 13.0. The van der Waals surface area contributed by atoms with E-state index in [1.54, 1.807) is 7.11 Å². The Kier molecular flexibility index (Phi) is 8.92. The standard InChI is InChI=1S/C35H42N2O3S/c1-25-19-26(7-8-28(25)22-36-15-3-4-16-36)20-33-32-14-13-31(39-2)21-34(32)41-35(33)27-9-11-30(12-10-27)40-24-29(38)23-37-17-5-6-18-37/h7-14,19,21,29,38H,3-6,15-18,20,22-24H2,1-2H3/t29-/m1/s1. The molecule has 41 heavy (non-hydrogen) atoms. The number of thiophene rings is 1. The molecule has 0 unspecified atom stereocenters.